The normalized spacial score (nSPS) is 22.6. The van der Waals surface area contributed by atoms with Gasteiger partial charge in [-0.3, -0.25) is 0 Å². The number of rotatable bonds is 3. The Balaban J connectivity index is 1.91. The number of thiocarbonyl (C=S) groups is 1. The lowest BCUT2D eigenvalue weighted by atomic mass is 10.1. The molecule has 1 aromatic rings. The van der Waals surface area contributed by atoms with Gasteiger partial charge >= 0.3 is 0 Å². The zero-order chi connectivity index (χ0) is 13.0. The third-order valence-corrected chi connectivity index (χ3v) is 3.61. The predicted molar refractivity (Wildman–Crippen MR) is 79.2 cm³/mol. The molecule has 1 saturated carbocycles. The number of hydrogen-bond acceptors (Lipinski definition) is 2. The van der Waals surface area contributed by atoms with Crippen molar-refractivity contribution < 1.29 is 4.74 Å². The molecule has 1 aliphatic carbocycles. The molecular weight excluding hydrogens is 244 g/mol. The van der Waals surface area contributed by atoms with Crippen LogP contribution >= 0.6 is 12.2 Å². The SMILES string of the molecule is COc1ccccc1NC(=S)NC1CCC(C)C1. The van der Waals surface area contributed by atoms with E-state index in [0.717, 1.165) is 17.4 Å². The molecular formula is C14H20N2OS. The van der Waals surface area contributed by atoms with Gasteiger partial charge in [0, 0.05) is 6.04 Å². The highest BCUT2D eigenvalue weighted by atomic mass is 32.1. The van der Waals surface area contributed by atoms with Gasteiger partial charge in [0.25, 0.3) is 0 Å². The molecule has 1 aromatic carbocycles. The van der Waals surface area contributed by atoms with Crippen molar-refractivity contribution in [1.29, 1.82) is 0 Å². The summed E-state index contributed by atoms with van der Waals surface area (Å²) in [6.45, 7) is 2.29. The van der Waals surface area contributed by atoms with Crippen LogP contribution in [0.25, 0.3) is 0 Å². The van der Waals surface area contributed by atoms with E-state index in [1.54, 1.807) is 7.11 Å². The Hall–Kier alpha value is -1.29. The molecule has 0 saturated heterocycles. The van der Waals surface area contributed by atoms with E-state index in [4.69, 9.17) is 17.0 Å². The van der Waals surface area contributed by atoms with Crippen LogP contribution in [0.5, 0.6) is 5.75 Å². The molecule has 0 aromatic heterocycles. The van der Waals surface area contributed by atoms with E-state index in [9.17, 15) is 0 Å². The maximum absolute atomic E-state index is 5.34. The van der Waals surface area contributed by atoms with Crippen molar-refractivity contribution in [3.05, 3.63) is 24.3 Å². The highest BCUT2D eigenvalue weighted by molar-refractivity contribution is 7.80. The van der Waals surface area contributed by atoms with Gasteiger partial charge in [-0.25, -0.2) is 0 Å². The zero-order valence-electron chi connectivity index (χ0n) is 10.9. The second kappa shape index (κ2) is 6.05. The molecule has 0 spiro atoms. The number of anilines is 1. The van der Waals surface area contributed by atoms with Gasteiger partial charge in [-0.2, -0.15) is 0 Å². The summed E-state index contributed by atoms with van der Waals surface area (Å²) in [4.78, 5) is 0. The summed E-state index contributed by atoms with van der Waals surface area (Å²) in [5, 5.41) is 7.25. The molecule has 2 rings (SSSR count). The zero-order valence-corrected chi connectivity index (χ0v) is 11.7. The molecule has 2 N–H and O–H groups in total. The fourth-order valence-corrected chi connectivity index (χ4v) is 2.71. The molecule has 1 fully saturated rings. The molecule has 0 heterocycles. The topological polar surface area (TPSA) is 33.3 Å². The molecule has 3 nitrogen and oxygen atoms in total. The minimum Gasteiger partial charge on any atom is -0.495 e. The Morgan fingerprint density at radius 3 is 2.78 bits per heavy atom. The average molecular weight is 264 g/mol. The maximum Gasteiger partial charge on any atom is 0.171 e. The first-order valence-corrected chi connectivity index (χ1v) is 6.80. The second-order valence-electron chi connectivity index (χ2n) is 4.91. The molecule has 2 unspecified atom stereocenters. The number of methoxy groups -OCH3 is 1. The first-order valence-electron chi connectivity index (χ1n) is 6.39. The lowest BCUT2D eigenvalue weighted by molar-refractivity contribution is 0.417. The van der Waals surface area contributed by atoms with Crippen molar-refractivity contribution in [2.45, 2.75) is 32.2 Å². The monoisotopic (exact) mass is 264 g/mol. The molecule has 4 heteroatoms. The van der Waals surface area contributed by atoms with Crippen molar-refractivity contribution in [3.63, 3.8) is 0 Å². The van der Waals surface area contributed by atoms with Crippen molar-refractivity contribution in [1.82, 2.24) is 5.32 Å². The summed E-state index contributed by atoms with van der Waals surface area (Å²) >= 11 is 5.34. The lowest BCUT2D eigenvalue weighted by Crippen LogP contribution is -2.36. The molecule has 0 radical (unpaired) electrons. The first kappa shape index (κ1) is 13.1. The van der Waals surface area contributed by atoms with Gasteiger partial charge in [-0.1, -0.05) is 19.1 Å². The minimum absolute atomic E-state index is 0.509. The van der Waals surface area contributed by atoms with E-state index in [1.165, 1.54) is 19.3 Å². The summed E-state index contributed by atoms with van der Waals surface area (Å²) in [6, 6.07) is 8.30. The Labute approximate surface area is 114 Å². The molecule has 0 amide bonds. The van der Waals surface area contributed by atoms with Gasteiger partial charge in [-0.15, -0.1) is 0 Å². The van der Waals surface area contributed by atoms with Gasteiger partial charge in [-0.05, 0) is 49.5 Å². The third-order valence-electron chi connectivity index (χ3n) is 3.39. The van der Waals surface area contributed by atoms with E-state index in [1.807, 2.05) is 24.3 Å². The van der Waals surface area contributed by atoms with Crippen molar-refractivity contribution in [3.8, 4) is 5.75 Å². The molecule has 98 valence electrons. The third kappa shape index (κ3) is 3.35. The highest BCUT2D eigenvalue weighted by Crippen LogP contribution is 2.25. The van der Waals surface area contributed by atoms with E-state index in [0.29, 0.717) is 11.2 Å². The lowest BCUT2D eigenvalue weighted by Gasteiger charge is -2.17. The van der Waals surface area contributed by atoms with Crippen LogP contribution in [0.15, 0.2) is 24.3 Å². The highest BCUT2D eigenvalue weighted by Gasteiger charge is 2.21. The fourth-order valence-electron chi connectivity index (χ4n) is 2.43. The minimum atomic E-state index is 0.509. The molecule has 1 aliphatic rings. The van der Waals surface area contributed by atoms with Gasteiger partial charge in [0.05, 0.1) is 12.8 Å². The van der Waals surface area contributed by atoms with Crippen molar-refractivity contribution in [2.24, 2.45) is 5.92 Å². The van der Waals surface area contributed by atoms with Gasteiger partial charge in [0.1, 0.15) is 5.75 Å². The largest absolute Gasteiger partial charge is 0.495 e. The number of hydrogen-bond donors (Lipinski definition) is 2. The van der Waals surface area contributed by atoms with E-state index in [2.05, 4.69) is 17.6 Å². The Kier molecular flexibility index (Phi) is 4.42. The number of ether oxygens (including phenoxy) is 1. The molecule has 18 heavy (non-hydrogen) atoms. The van der Waals surface area contributed by atoms with E-state index < -0.39 is 0 Å². The fraction of sp³-hybridized carbons (Fsp3) is 0.500. The molecule has 2 atom stereocenters. The number of benzene rings is 1. The summed E-state index contributed by atoms with van der Waals surface area (Å²) in [5.41, 5.74) is 0.906. The van der Waals surface area contributed by atoms with Crippen LogP contribution in [-0.2, 0) is 0 Å². The van der Waals surface area contributed by atoms with Gasteiger partial charge < -0.3 is 15.4 Å². The van der Waals surface area contributed by atoms with E-state index in [-0.39, 0.29) is 0 Å². The van der Waals surface area contributed by atoms with E-state index >= 15 is 0 Å². The van der Waals surface area contributed by atoms with Crippen LogP contribution in [0.1, 0.15) is 26.2 Å². The predicted octanol–water partition coefficient (Wildman–Crippen LogP) is 3.17. The van der Waals surface area contributed by atoms with Crippen LogP contribution < -0.4 is 15.4 Å². The smallest absolute Gasteiger partial charge is 0.171 e. The van der Waals surface area contributed by atoms with Crippen LogP contribution in [0, 0.1) is 5.92 Å². The van der Waals surface area contributed by atoms with Crippen LogP contribution in [0.4, 0.5) is 5.69 Å². The van der Waals surface area contributed by atoms with Crippen LogP contribution in [0.2, 0.25) is 0 Å². The summed E-state index contributed by atoms with van der Waals surface area (Å²) in [5.74, 6) is 1.61. The first-order chi connectivity index (χ1) is 8.69. The Morgan fingerprint density at radius 2 is 2.11 bits per heavy atom. The standard InChI is InChI=1S/C14H20N2OS/c1-10-7-8-11(9-10)15-14(18)16-12-5-3-4-6-13(12)17-2/h3-6,10-11H,7-9H2,1-2H3,(H2,15,16,18). The Morgan fingerprint density at radius 1 is 1.33 bits per heavy atom. The summed E-state index contributed by atoms with van der Waals surface area (Å²) in [7, 11) is 1.66. The van der Waals surface area contributed by atoms with Crippen LogP contribution in [0.3, 0.4) is 0 Å². The second-order valence-corrected chi connectivity index (χ2v) is 5.32. The van der Waals surface area contributed by atoms with Crippen molar-refractivity contribution >= 4 is 23.0 Å². The summed E-state index contributed by atoms with van der Waals surface area (Å²) in [6.07, 6.45) is 3.69. The quantitative estimate of drug-likeness (QED) is 0.822. The van der Waals surface area contributed by atoms with Gasteiger partial charge in [0.15, 0.2) is 5.11 Å². The summed E-state index contributed by atoms with van der Waals surface area (Å²) < 4.78 is 5.28. The number of nitrogens with one attached hydrogen (secondary N) is 2. The molecule has 0 bridgehead atoms. The maximum atomic E-state index is 5.34. The number of para-hydroxylation sites is 2. The molecule has 0 aliphatic heterocycles. The van der Waals surface area contributed by atoms with Crippen LogP contribution in [-0.4, -0.2) is 18.3 Å². The Bertz CT molecular complexity index is 422. The van der Waals surface area contributed by atoms with Crippen molar-refractivity contribution in [2.75, 3.05) is 12.4 Å². The average Bonchev–Trinajstić information content (AvgIpc) is 2.75. The van der Waals surface area contributed by atoms with Gasteiger partial charge in [0.2, 0.25) is 0 Å².